The smallest absolute Gasteiger partial charge is 0.490 e. The molecule has 0 unspecified atom stereocenters. The van der Waals surface area contributed by atoms with Crippen molar-refractivity contribution in [2.45, 2.75) is 6.92 Å². The first-order valence-corrected chi connectivity index (χ1v) is 11.4. The predicted octanol–water partition coefficient (Wildman–Crippen LogP) is 5.08. The number of rotatable bonds is 10. The maximum atomic E-state index is 13.0. The van der Waals surface area contributed by atoms with E-state index >= 15 is 0 Å². The Balaban J connectivity index is 1.47. The van der Waals surface area contributed by atoms with Gasteiger partial charge < -0.3 is 34.9 Å². The van der Waals surface area contributed by atoms with Crippen molar-refractivity contribution in [3.05, 3.63) is 84.3 Å². The van der Waals surface area contributed by atoms with Gasteiger partial charge in [0, 0.05) is 30.6 Å². The molecule has 0 saturated carbocycles. The van der Waals surface area contributed by atoms with Crippen LogP contribution in [0, 0.1) is 6.92 Å². The van der Waals surface area contributed by atoms with Gasteiger partial charge in [-0.3, -0.25) is 4.79 Å². The Morgan fingerprint density at radius 1 is 1.03 bits per heavy atom. The van der Waals surface area contributed by atoms with Crippen molar-refractivity contribution in [1.82, 2.24) is 15.3 Å². The van der Waals surface area contributed by atoms with Gasteiger partial charge >= 0.3 is 6.16 Å². The molecule has 2 aromatic heterocycles. The van der Waals surface area contributed by atoms with Gasteiger partial charge in [-0.15, -0.1) is 0 Å². The lowest BCUT2D eigenvalue weighted by atomic mass is 10.1. The van der Waals surface area contributed by atoms with Gasteiger partial charge in [-0.1, -0.05) is 18.2 Å². The first-order chi connectivity index (χ1) is 17.9. The second-order valence-electron chi connectivity index (χ2n) is 8.04. The molecular formula is C27H26N4O6. The van der Waals surface area contributed by atoms with Crippen molar-refractivity contribution in [1.29, 1.82) is 0 Å². The maximum absolute atomic E-state index is 13.0. The van der Waals surface area contributed by atoms with Gasteiger partial charge in [0.05, 0.1) is 5.69 Å². The number of pyridine rings is 1. The summed E-state index contributed by atoms with van der Waals surface area (Å²) in [7, 11) is 1.85. The summed E-state index contributed by atoms with van der Waals surface area (Å²) < 4.78 is 16.2. The Morgan fingerprint density at radius 2 is 1.86 bits per heavy atom. The minimum absolute atomic E-state index is 0.0911. The quantitative estimate of drug-likeness (QED) is 0.174. The fourth-order valence-corrected chi connectivity index (χ4v) is 3.49. The minimum Gasteiger partial charge on any atom is -0.490 e. The number of carbonyl (C=O) groups is 2. The number of hydrogen-bond acceptors (Lipinski definition) is 7. The normalized spacial score (nSPS) is 10.5. The Morgan fingerprint density at radius 3 is 2.68 bits per heavy atom. The fourth-order valence-electron chi connectivity index (χ4n) is 3.49. The predicted molar refractivity (Wildman–Crippen MR) is 138 cm³/mol. The highest BCUT2D eigenvalue weighted by molar-refractivity contribution is 6.04. The number of carbonyl (C=O) groups excluding carboxylic acids is 1. The summed E-state index contributed by atoms with van der Waals surface area (Å²) in [6, 6.07) is 17.6. The number of amides is 1. The van der Waals surface area contributed by atoms with Crippen molar-refractivity contribution in [3.8, 4) is 34.3 Å². The number of nitrogens with zero attached hydrogens (tertiary/aromatic N) is 1. The van der Waals surface area contributed by atoms with E-state index in [2.05, 4.69) is 25.3 Å². The maximum Gasteiger partial charge on any atom is 0.512 e. The number of nitrogens with one attached hydrogen (secondary N) is 3. The van der Waals surface area contributed by atoms with E-state index in [1.807, 2.05) is 44.3 Å². The van der Waals surface area contributed by atoms with E-state index in [1.165, 1.54) is 12.3 Å². The number of anilines is 1. The Kier molecular flexibility index (Phi) is 8.01. The molecule has 0 atom stereocenters. The molecule has 1 amide bonds. The number of carboxylic acid groups (broad SMARTS) is 1. The van der Waals surface area contributed by atoms with Crippen LogP contribution in [0.5, 0.6) is 23.1 Å². The third kappa shape index (κ3) is 6.86. The number of H-pyrrole nitrogens is 1. The topological polar surface area (TPSA) is 135 Å². The molecule has 2 aromatic carbocycles. The highest BCUT2D eigenvalue weighted by Gasteiger charge is 2.14. The Labute approximate surface area is 213 Å². The van der Waals surface area contributed by atoms with E-state index in [-0.39, 0.29) is 11.8 Å². The molecule has 0 fully saturated rings. The molecule has 0 saturated heterocycles. The number of benzene rings is 2. The Hall–Kier alpha value is -4.83. The van der Waals surface area contributed by atoms with Gasteiger partial charge in [0.1, 0.15) is 29.5 Å². The van der Waals surface area contributed by atoms with Gasteiger partial charge in [-0.25, -0.2) is 9.78 Å². The van der Waals surface area contributed by atoms with Crippen LogP contribution in [0.3, 0.4) is 0 Å². The van der Waals surface area contributed by atoms with Crippen molar-refractivity contribution < 1.29 is 28.9 Å². The zero-order chi connectivity index (χ0) is 26.2. The summed E-state index contributed by atoms with van der Waals surface area (Å²) in [5.74, 6) is 1.08. The van der Waals surface area contributed by atoms with Crippen LogP contribution in [-0.2, 0) is 0 Å². The highest BCUT2D eigenvalue weighted by atomic mass is 16.7. The molecule has 0 radical (unpaired) electrons. The van der Waals surface area contributed by atoms with E-state index < -0.39 is 6.16 Å². The van der Waals surface area contributed by atoms with Crippen LogP contribution in [0.1, 0.15) is 16.1 Å². The van der Waals surface area contributed by atoms with E-state index in [1.54, 1.807) is 30.5 Å². The van der Waals surface area contributed by atoms with Crippen LogP contribution >= 0.6 is 0 Å². The van der Waals surface area contributed by atoms with Crippen molar-refractivity contribution in [3.63, 3.8) is 0 Å². The molecular weight excluding hydrogens is 476 g/mol. The fraction of sp³-hybridized carbons (Fsp3) is 0.148. The zero-order valence-electron chi connectivity index (χ0n) is 20.3. The van der Waals surface area contributed by atoms with Crippen LogP contribution in [0.15, 0.2) is 73.1 Å². The van der Waals surface area contributed by atoms with E-state index in [4.69, 9.17) is 14.6 Å². The first kappa shape index (κ1) is 25.3. The summed E-state index contributed by atoms with van der Waals surface area (Å²) in [5.41, 5.74) is 3.58. The van der Waals surface area contributed by atoms with Gasteiger partial charge in [-0.2, -0.15) is 0 Å². The highest BCUT2D eigenvalue weighted by Crippen LogP contribution is 2.30. The minimum atomic E-state index is -1.46. The van der Waals surface area contributed by atoms with Crippen LogP contribution in [-0.4, -0.2) is 47.3 Å². The van der Waals surface area contributed by atoms with Gasteiger partial charge in [0.25, 0.3) is 5.91 Å². The largest absolute Gasteiger partial charge is 0.512 e. The summed E-state index contributed by atoms with van der Waals surface area (Å²) in [6.07, 6.45) is 1.67. The number of hydrogen-bond donors (Lipinski definition) is 4. The van der Waals surface area contributed by atoms with Gasteiger partial charge in [0.15, 0.2) is 0 Å². The molecule has 0 aliphatic carbocycles. The standard InChI is InChI=1S/C27H26N4O6/c1-17-6-7-24(35-11-10-28-2)22(12-17)31-26(32)23-14-19(16-30-23)18-4-3-5-20(13-18)36-21-8-9-29-25(15-21)37-27(33)34/h3-9,12-16,28,30H,10-11H2,1-2H3,(H,31,32)(H,33,34). The summed E-state index contributed by atoms with van der Waals surface area (Å²) >= 11 is 0. The molecule has 4 rings (SSSR count). The molecule has 10 nitrogen and oxygen atoms in total. The van der Waals surface area contributed by atoms with Crippen molar-refractivity contribution >= 4 is 17.7 Å². The second-order valence-corrected chi connectivity index (χ2v) is 8.04. The van der Waals surface area contributed by atoms with Crippen LogP contribution in [0.2, 0.25) is 0 Å². The average molecular weight is 503 g/mol. The van der Waals surface area contributed by atoms with Crippen LogP contribution in [0.25, 0.3) is 11.1 Å². The SMILES string of the molecule is CNCCOc1ccc(C)cc1NC(=O)c1cc(-c2cccc(Oc3ccnc(OC(=O)O)c3)c2)c[nH]1. The second kappa shape index (κ2) is 11.7. The van der Waals surface area contributed by atoms with Crippen LogP contribution < -0.4 is 24.8 Å². The monoisotopic (exact) mass is 502 g/mol. The zero-order valence-corrected chi connectivity index (χ0v) is 20.3. The molecule has 2 heterocycles. The third-order valence-electron chi connectivity index (χ3n) is 5.22. The van der Waals surface area contributed by atoms with E-state index in [0.717, 1.165) is 16.7 Å². The molecule has 10 heteroatoms. The molecule has 4 N–H and O–H groups in total. The molecule has 4 aromatic rings. The lowest BCUT2D eigenvalue weighted by Crippen LogP contribution is -2.17. The van der Waals surface area contributed by atoms with E-state index in [0.29, 0.717) is 41.8 Å². The van der Waals surface area contributed by atoms with Crippen LogP contribution in [0.4, 0.5) is 10.5 Å². The number of ether oxygens (including phenoxy) is 3. The number of likely N-dealkylation sites (N-methyl/N-ethyl adjacent to an activating group) is 1. The van der Waals surface area contributed by atoms with Gasteiger partial charge in [-0.05, 0) is 61.5 Å². The molecule has 0 spiro atoms. The number of aryl methyl sites for hydroxylation is 1. The molecule has 0 aliphatic rings. The summed E-state index contributed by atoms with van der Waals surface area (Å²) in [6.45, 7) is 3.10. The molecule has 0 aliphatic heterocycles. The number of aromatic nitrogens is 2. The van der Waals surface area contributed by atoms with Crippen molar-refractivity contribution in [2.24, 2.45) is 0 Å². The summed E-state index contributed by atoms with van der Waals surface area (Å²) in [5, 5.41) is 14.7. The first-order valence-electron chi connectivity index (χ1n) is 11.4. The lowest BCUT2D eigenvalue weighted by molar-refractivity contribution is 0.102. The average Bonchev–Trinajstić information content (AvgIpc) is 3.36. The molecule has 37 heavy (non-hydrogen) atoms. The Bertz CT molecular complexity index is 1400. The summed E-state index contributed by atoms with van der Waals surface area (Å²) in [4.78, 5) is 30.6. The third-order valence-corrected chi connectivity index (χ3v) is 5.22. The van der Waals surface area contributed by atoms with Crippen molar-refractivity contribution in [2.75, 3.05) is 25.5 Å². The molecule has 190 valence electrons. The lowest BCUT2D eigenvalue weighted by Gasteiger charge is -2.13. The molecule has 0 bridgehead atoms. The van der Waals surface area contributed by atoms with Gasteiger partial charge in [0.2, 0.25) is 5.88 Å². The number of aromatic amines is 1. The van der Waals surface area contributed by atoms with E-state index in [9.17, 15) is 9.59 Å².